The Morgan fingerprint density at radius 3 is 2.50 bits per heavy atom. The third-order valence-electron chi connectivity index (χ3n) is 3.60. The number of carboxylic acids is 2. The second-order valence-electron chi connectivity index (χ2n) is 5.64. The van der Waals surface area contributed by atoms with Gasteiger partial charge in [-0.15, -0.1) is 0 Å². The van der Waals surface area contributed by atoms with Crippen molar-refractivity contribution in [3.63, 3.8) is 0 Å². The minimum atomic E-state index is -1.29. The second-order valence-corrected chi connectivity index (χ2v) is 7.31. The van der Waals surface area contributed by atoms with Gasteiger partial charge in [0, 0.05) is 6.42 Å². The molecule has 2 rings (SSSR count). The van der Waals surface area contributed by atoms with E-state index in [1.807, 2.05) is 43.3 Å². The van der Waals surface area contributed by atoms with E-state index in [1.165, 1.54) is 0 Å². The summed E-state index contributed by atoms with van der Waals surface area (Å²) in [4.78, 5) is 36.1. The van der Waals surface area contributed by atoms with Crippen LogP contribution >= 0.6 is 24.0 Å². The molecule has 6 nitrogen and oxygen atoms in total. The fourth-order valence-corrected chi connectivity index (χ4v) is 3.84. The number of amides is 1. The van der Waals surface area contributed by atoms with Gasteiger partial charge in [-0.3, -0.25) is 14.5 Å². The Balaban J connectivity index is 2.22. The van der Waals surface area contributed by atoms with Crippen LogP contribution in [0.4, 0.5) is 0 Å². The first-order valence-electron chi connectivity index (χ1n) is 7.74. The predicted octanol–water partition coefficient (Wildman–Crippen LogP) is 3.15. The van der Waals surface area contributed by atoms with Crippen molar-refractivity contribution in [3.8, 4) is 0 Å². The first-order chi connectivity index (χ1) is 12.3. The highest BCUT2D eigenvalue weighted by Crippen LogP contribution is 2.34. The highest BCUT2D eigenvalue weighted by Gasteiger charge is 2.40. The van der Waals surface area contributed by atoms with E-state index in [0.29, 0.717) is 4.91 Å². The molecule has 0 spiro atoms. The largest absolute Gasteiger partial charge is 0.481 e. The number of carboxylic acid groups (broad SMARTS) is 2. The van der Waals surface area contributed by atoms with Gasteiger partial charge in [-0.25, -0.2) is 4.79 Å². The topological polar surface area (TPSA) is 94.9 Å². The molecule has 1 heterocycles. The third-order valence-corrected chi connectivity index (χ3v) is 4.93. The fraction of sp³-hybridized carbons (Fsp3) is 0.222. The molecule has 0 bridgehead atoms. The van der Waals surface area contributed by atoms with Crippen LogP contribution in [0.5, 0.6) is 0 Å². The molecule has 1 atom stereocenters. The quantitative estimate of drug-likeness (QED) is 0.544. The maximum Gasteiger partial charge on any atom is 0.326 e. The van der Waals surface area contributed by atoms with Crippen LogP contribution in [-0.2, 0) is 14.4 Å². The molecule has 0 aromatic heterocycles. The molecular weight excluding hydrogens is 374 g/mol. The maximum atomic E-state index is 12.6. The van der Waals surface area contributed by atoms with E-state index in [1.54, 1.807) is 6.08 Å². The summed E-state index contributed by atoms with van der Waals surface area (Å²) in [6.07, 6.45) is 2.98. The predicted molar refractivity (Wildman–Crippen MR) is 104 cm³/mol. The Morgan fingerprint density at radius 1 is 1.27 bits per heavy atom. The lowest BCUT2D eigenvalue weighted by Gasteiger charge is -2.22. The zero-order chi connectivity index (χ0) is 19.3. The number of thiocarbonyl (C=S) groups is 1. The lowest BCUT2D eigenvalue weighted by molar-refractivity contribution is -0.146. The van der Waals surface area contributed by atoms with Gasteiger partial charge in [-0.05, 0) is 30.6 Å². The summed E-state index contributed by atoms with van der Waals surface area (Å²) in [7, 11) is 0. The molecule has 1 saturated heterocycles. The van der Waals surface area contributed by atoms with Gasteiger partial charge in [0.2, 0.25) is 0 Å². The van der Waals surface area contributed by atoms with Crippen LogP contribution < -0.4 is 0 Å². The molecule has 1 aliphatic rings. The highest BCUT2D eigenvalue weighted by molar-refractivity contribution is 8.26. The summed E-state index contributed by atoms with van der Waals surface area (Å²) >= 11 is 6.17. The zero-order valence-corrected chi connectivity index (χ0v) is 15.5. The standard InChI is InChI=1S/C18H17NO5S2/c1-11(9-12-5-3-2-4-6-12)10-14-16(22)19(18(25)26-14)13(17(23)24)7-8-15(20)21/h2-6,9-10,13H,7-8H2,1H3,(H,20,21)(H,23,24)/b11-9+,14-10-/t13-/m0/s1. The molecule has 0 radical (unpaired) electrons. The average Bonchev–Trinajstić information content (AvgIpc) is 2.83. The molecule has 1 amide bonds. The Bertz CT molecular complexity index is 801. The molecule has 1 aromatic rings. The molecule has 1 aliphatic heterocycles. The maximum absolute atomic E-state index is 12.6. The number of aliphatic carboxylic acids is 2. The van der Waals surface area contributed by atoms with E-state index in [2.05, 4.69) is 0 Å². The van der Waals surface area contributed by atoms with E-state index < -0.39 is 23.9 Å². The van der Waals surface area contributed by atoms with Crippen LogP contribution in [0.25, 0.3) is 6.08 Å². The Labute approximate surface area is 160 Å². The number of hydrogen-bond acceptors (Lipinski definition) is 5. The Morgan fingerprint density at radius 2 is 1.92 bits per heavy atom. The lowest BCUT2D eigenvalue weighted by Crippen LogP contribution is -2.44. The first kappa shape index (κ1) is 19.9. The normalized spacial score (nSPS) is 17.7. The Hall–Kier alpha value is -2.45. The molecule has 1 aromatic carbocycles. The van der Waals surface area contributed by atoms with Crippen LogP contribution in [0.15, 0.2) is 46.9 Å². The summed E-state index contributed by atoms with van der Waals surface area (Å²) < 4.78 is 0.117. The van der Waals surface area contributed by atoms with E-state index >= 15 is 0 Å². The smallest absolute Gasteiger partial charge is 0.326 e. The number of hydrogen-bond donors (Lipinski definition) is 2. The molecule has 0 aliphatic carbocycles. The third kappa shape index (κ3) is 5.03. The van der Waals surface area contributed by atoms with Crippen LogP contribution in [-0.4, -0.2) is 43.3 Å². The van der Waals surface area contributed by atoms with E-state index in [9.17, 15) is 19.5 Å². The summed E-state index contributed by atoms with van der Waals surface area (Å²) in [6.45, 7) is 1.83. The number of allylic oxidation sites excluding steroid dienone is 2. The van der Waals surface area contributed by atoms with Crippen molar-refractivity contribution < 1.29 is 24.6 Å². The number of rotatable bonds is 7. The van der Waals surface area contributed by atoms with Crippen molar-refractivity contribution >= 4 is 52.2 Å². The van der Waals surface area contributed by atoms with Gasteiger partial charge >= 0.3 is 11.9 Å². The molecule has 8 heteroatoms. The number of benzene rings is 1. The van der Waals surface area contributed by atoms with Crippen molar-refractivity contribution in [2.45, 2.75) is 25.8 Å². The van der Waals surface area contributed by atoms with Crippen molar-refractivity contribution in [2.24, 2.45) is 0 Å². The fourth-order valence-electron chi connectivity index (χ4n) is 2.43. The minimum Gasteiger partial charge on any atom is -0.481 e. The van der Waals surface area contributed by atoms with Gasteiger partial charge in [0.25, 0.3) is 5.91 Å². The van der Waals surface area contributed by atoms with E-state index in [-0.39, 0.29) is 17.2 Å². The van der Waals surface area contributed by atoms with Gasteiger partial charge in [0.15, 0.2) is 0 Å². The van der Waals surface area contributed by atoms with Gasteiger partial charge in [0.1, 0.15) is 10.4 Å². The van der Waals surface area contributed by atoms with Crippen molar-refractivity contribution in [1.29, 1.82) is 0 Å². The van der Waals surface area contributed by atoms with Crippen LogP contribution in [0, 0.1) is 0 Å². The zero-order valence-electron chi connectivity index (χ0n) is 13.9. The summed E-state index contributed by atoms with van der Waals surface area (Å²) in [5.74, 6) is -2.92. The molecule has 2 N–H and O–H groups in total. The Kier molecular flexibility index (Phi) is 6.70. The van der Waals surface area contributed by atoms with Gasteiger partial charge in [-0.1, -0.05) is 60.4 Å². The molecule has 1 fully saturated rings. The van der Waals surface area contributed by atoms with Crippen LogP contribution in [0.1, 0.15) is 25.3 Å². The van der Waals surface area contributed by atoms with Crippen molar-refractivity contribution in [2.75, 3.05) is 0 Å². The number of carbonyl (C=O) groups is 3. The number of nitrogens with zero attached hydrogens (tertiary/aromatic N) is 1. The second kappa shape index (κ2) is 8.77. The van der Waals surface area contributed by atoms with E-state index in [4.69, 9.17) is 17.3 Å². The highest BCUT2D eigenvalue weighted by atomic mass is 32.2. The molecule has 0 saturated carbocycles. The van der Waals surface area contributed by atoms with Crippen molar-refractivity contribution in [3.05, 3.63) is 52.4 Å². The van der Waals surface area contributed by atoms with Crippen LogP contribution in [0.3, 0.4) is 0 Å². The SMILES string of the molecule is CC(/C=C1\SC(=S)N([C@@H](CCC(=O)O)C(=O)O)C1=O)=C\c1ccccc1. The van der Waals surface area contributed by atoms with Gasteiger partial charge < -0.3 is 10.2 Å². The van der Waals surface area contributed by atoms with Crippen LogP contribution in [0.2, 0.25) is 0 Å². The van der Waals surface area contributed by atoms with Gasteiger partial charge in [0.05, 0.1) is 4.91 Å². The summed E-state index contributed by atoms with van der Waals surface area (Å²) in [6, 6.07) is 8.27. The molecular formula is C18H17NO5S2. The number of thioether (sulfide) groups is 1. The molecule has 0 unspecified atom stereocenters. The first-order valence-corrected chi connectivity index (χ1v) is 8.97. The monoisotopic (exact) mass is 391 g/mol. The average molecular weight is 391 g/mol. The van der Waals surface area contributed by atoms with Gasteiger partial charge in [-0.2, -0.15) is 0 Å². The van der Waals surface area contributed by atoms with Crippen molar-refractivity contribution in [1.82, 2.24) is 4.90 Å². The minimum absolute atomic E-state index is 0.117. The lowest BCUT2D eigenvalue weighted by atomic mass is 10.1. The van der Waals surface area contributed by atoms with E-state index in [0.717, 1.165) is 27.8 Å². The summed E-state index contributed by atoms with van der Waals surface area (Å²) in [5, 5.41) is 18.1. The summed E-state index contributed by atoms with van der Waals surface area (Å²) in [5.41, 5.74) is 1.79. The number of carbonyl (C=O) groups excluding carboxylic acids is 1. The molecule has 26 heavy (non-hydrogen) atoms. The molecule has 136 valence electrons.